The van der Waals surface area contributed by atoms with Crippen LogP contribution in [0.25, 0.3) is 0 Å². The van der Waals surface area contributed by atoms with Crippen molar-refractivity contribution in [1.82, 2.24) is 0 Å². The Bertz CT molecular complexity index is 811. The van der Waals surface area contributed by atoms with Gasteiger partial charge in [0.1, 0.15) is 0 Å². The number of hydrogen-bond acceptors (Lipinski definition) is 5. The van der Waals surface area contributed by atoms with Crippen molar-refractivity contribution >= 4 is 11.8 Å². The molecule has 3 rings (SSSR count). The third-order valence-electron chi connectivity index (χ3n) is 4.29. The van der Waals surface area contributed by atoms with Crippen LogP contribution in [0.3, 0.4) is 0 Å². The quantitative estimate of drug-likeness (QED) is 0.403. The number of ketones is 1. The number of hydrogen-bond donors (Lipinski definition) is 1. The molecule has 1 unspecified atom stereocenters. The maximum Gasteiger partial charge on any atom is 0.308 e. The lowest BCUT2D eigenvalue weighted by molar-refractivity contribution is -0.384. The lowest BCUT2D eigenvalue weighted by Gasteiger charge is -2.36. The Hall–Kier alpha value is -2.50. The summed E-state index contributed by atoms with van der Waals surface area (Å²) in [5, 5.41) is 9.70. The molecular formula is C19H18O5. The number of fused-ring (bicyclic) bond motifs is 2. The second kappa shape index (κ2) is 6.19. The van der Waals surface area contributed by atoms with Gasteiger partial charge in [0.25, 0.3) is 5.79 Å². The Kier molecular flexibility index (Phi) is 4.22. The molecule has 2 aromatic rings. The fourth-order valence-electron chi connectivity index (χ4n) is 3.00. The predicted octanol–water partition coefficient (Wildman–Crippen LogP) is 3.44. The van der Waals surface area contributed by atoms with Gasteiger partial charge in [-0.3, -0.25) is 9.59 Å². The molecule has 0 heterocycles. The zero-order valence-corrected chi connectivity index (χ0v) is 13.5. The van der Waals surface area contributed by atoms with Crippen LogP contribution in [0.15, 0.2) is 42.5 Å². The van der Waals surface area contributed by atoms with E-state index in [-0.39, 0.29) is 12.2 Å². The van der Waals surface area contributed by atoms with Gasteiger partial charge in [-0.15, -0.1) is 0 Å². The van der Waals surface area contributed by atoms with E-state index < -0.39 is 11.8 Å². The number of aryl methyl sites for hydroxylation is 1. The minimum atomic E-state index is -1.83. The zero-order chi connectivity index (χ0) is 17.3. The summed E-state index contributed by atoms with van der Waals surface area (Å²) in [6.45, 7) is 3.63. The number of carbonyl (C=O) groups is 2. The molecule has 5 heteroatoms. The van der Waals surface area contributed by atoms with Crippen molar-refractivity contribution in [2.45, 2.75) is 32.5 Å². The van der Waals surface area contributed by atoms with Gasteiger partial charge in [-0.2, -0.15) is 4.89 Å². The second-order valence-corrected chi connectivity index (χ2v) is 5.64. The molecule has 0 fully saturated rings. The lowest BCUT2D eigenvalue weighted by atomic mass is 9.79. The van der Waals surface area contributed by atoms with E-state index in [9.17, 15) is 14.8 Å². The van der Waals surface area contributed by atoms with Crippen molar-refractivity contribution in [3.63, 3.8) is 0 Å². The van der Waals surface area contributed by atoms with Crippen molar-refractivity contribution in [2.75, 3.05) is 0 Å². The number of benzene rings is 2. The number of rotatable bonds is 4. The second-order valence-electron chi connectivity index (χ2n) is 5.64. The number of carbonyl (C=O) groups excluding carboxylic acids is 2. The van der Waals surface area contributed by atoms with E-state index in [4.69, 9.17) is 9.62 Å². The SMILES string of the molecule is CCC(=O)OC1(OO)c2ccccc2C(=O)c2cc(CC)ccc21. The third kappa shape index (κ3) is 2.33. The van der Waals surface area contributed by atoms with Gasteiger partial charge in [-0.05, 0) is 18.1 Å². The highest BCUT2D eigenvalue weighted by atomic mass is 17.1. The third-order valence-corrected chi connectivity index (χ3v) is 4.29. The summed E-state index contributed by atoms with van der Waals surface area (Å²) < 4.78 is 5.49. The fraction of sp³-hybridized carbons (Fsp3) is 0.263. The maximum absolute atomic E-state index is 12.9. The minimum Gasteiger partial charge on any atom is -0.421 e. The van der Waals surface area contributed by atoms with Crippen LogP contribution in [0.1, 0.15) is 52.9 Å². The van der Waals surface area contributed by atoms with Gasteiger partial charge in [-0.25, -0.2) is 5.26 Å². The maximum atomic E-state index is 12.9. The summed E-state index contributed by atoms with van der Waals surface area (Å²) >= 11 is 0. The molecule has 0 amide bonds. The van der Waals surface area contributed by atoms with E-state index in [1.807, 2.05) is 13.0 Å². The summed E-state index contributed by atoms with van der Waals surface area (Å²) in [6, 6.07) is 11.9. The average Bonchev–Trinajstić information content (AvgIpc) is 2.64. The Balaban J connectivity index is 2.31. The first-order valence-corrected chi connectivity index (χ1v) is 7.89. The monoisotopic (exact) mass is 326 g/mol. The molecule has 0 aliphatic heterocycles. The van der Waals surface area contributed by atoms with E-state index >= 15 is 0 Å². The molecule has 0 bridgehead atoms. The van der Waals surface area contributed by atoms with Crippen molar-refractivity contribution in [3.8, 4) is 0 Å². The molecule has 0 saturated carbocycles. The van der Waals surface area contributed by atoms with Crippen LogP contribution in [-0.4, -0.2) is 17.0 Å². The van der Waals surface area contributed by atoms with Gasteiger partial charge >= 0.3 is 5.97 Å². The van der Waals surface area contributed by atoms with Gasteiger partial charge in [0.05, 0.1) is 0 Å². The molecular weight excluding hydrogens is 308 g/mol. The fourth-order valence-corrected chi connectivity index (χ4v) is 3.00. The highest BCUT2D eigenvalue weighted by Gasteiger charge is 2.49. The molecule has 124 valence electrons. The Morgan fingerprint density at radius 1 is 1.08 bits per heavy atom. The Morgan fingerprint density at radius 3 is 2.46 bits per heavy atom. The van der Waals surface area contributed by atoms with Gasteiger partial charge in [0.15, 0.2) is 5.78 Å². The van der Waals surface area contributed by atoms with Crippen LogP contribution < -0.4 is 0 Å². The molecule has 2 aromatic carbocycles. The molecule has 0 saturated heterocycles. The van der Waals surface area contributed by atoms with E-state index in [2.05, 4.69) is 0 Å². The molecule has 1 atom stereocenters. The number of ether oxygens (including phenoxy) is 1. The van der Waals surface area contributed by atoms with Crippen molar-refractivity contribution in [2.24, 2.45) is 0 Å². The van der Waals surface area contributed by atoms with Gasteiger partial charge in [-0.1, -0.05) is 50.2 Å². The standard InChI is InChI=1S/C19H18O5/c1-3-12-9-10-16-14(11-12)18(21)13-7-5-6-8-15(13)19(16,24-22)23-17(20)4-2/h5-11,22H,3-4H2,1-2H3. The topological polar surface area (TPSA) is 72.8 Å². The van der Waals surface area contributed by atoms with E-state index in [0.717, 1.165) is 12.0 Å². The normalized spacial score (nSPS) is 18.7. The van der Waals surface area contributed by atoms with Gasteiger partial charge in [0, 0.05) is 28.7 Å². The molecule has 0 radical (unpaired) electrons. The van der Waals surface area contributed by atoms with Crippen LogP contribution in [-0.2, 0) is 26.6 Å². The number of esters is 1. The Labute approximate surface area is 139 Å². The summed E-state index contributed by atoms with van der Waals surface area (Å²) in [4.78, 5) is 29.6. The van der Waals surface area contributed by atoms with Crippen LogP contribution in [0, 0.1) is 0 Å². The zero-order valence-electron chi connectivity index (χ0n) is 13.5. The summed E-state index contributed by atoms with van der Waals surface area (Å²) in [6.07, 6.45) is 0.869. The molecule has 0 aromatic heterocycles. The van der Waals surface area contributed by atoms with Crippen molar-refractivity contribution < 1.29 is 24.5 Å². The molecule has 1 aliphatic rings. The first-order chi connectivity index (χ1) is 11.6. The van der Waals surface area contributed by atoms with Gasteiger partial charge in [0.2, 0.25) is 0 Å². The van der Waals surface area contributed by atoms with Gasteiger partial charge < -0.3 is 4.74 Å². The van der Waals surface area contributed by atoms with Crippen molar-refractivity contribution in [3.05, 3.63) is 70.3 Å². The van der Waals surface area contributed by atoms with E-state index in [0.29, 0.717) is 22.3 Å². The molecule has 24 heavy (non-hydrogen) atoms. The highest BCUT2D eigenvalue weighted by Crippen LogP contribution is 2.43. The molecule has 1 aliphatic carbocycles. The van der Waals surface area contributed by atoms with Crippen LogP contribution in [0.2, 0.25) is 0 Å². The largest absolute Gasteiger partial charge is 0.421 e. The highest BCUT2D eigenvalue weighted by molar-refractivity contribution is 6.13. The molecule has 1 N–H and O–H groups in total. The smallest absolute Gasteiger partial charge is 0.308 e. The molecule has 0 spiro atoms. The first kappa shape index (κ1) is 16.4. The molecule has 5 nitrogen and oxygen atoms in total. The lowest BCUT2D eigenvalue weighted by Crippen LogP contribution is -2.41. The summed E-state index contributed by atoms with van der Waals surface area (Å²) in [5.41, 5.74) is 2.32. The summed E-state index contributed by atoms with van der Waals surface area (Å²) in [5.74, 6) is -2.56. The van der Waals surface area contributed by atoms with E-state index in [1.165, 1.54) is 0 Å². The van der Waals surface area contributed by atoms with Crippen LogP contribution in [0.4, 0.5) is 0 Å². The Morgan fingerprint density at radius 2 is 1.79 bits per heavy atom. The average molecular weight is 326 g/mol. The van der Waals surface area contributed by atoms with Crippen LogP contribution in [0.5, 0.6) is 0 Å². The summed E-state index contributed by atoms with van der Waals surface area (Å²) in [7, 11) is 0. The van der Waals surface area contributed by atoms with E-state index in [1.54, 1.807) is 43.3 Å². The minimum absolute atomic E-state index is 0.115. The van der Waals surface area contributed by atoms with Crippen LogP contribution >= 0.6 is 0 Å². The van der Waals surface area contributed by atoms with Crippen molar-refractivity contribution in [1.29, 1.82) is 0 Å². The first-order valence-electron chi connectivity index (χ1n) is 7.89. The predicted molar refractivity (Wildman–Crippen MR) is 86.6 cm³/mol.